The van der Waals surface area contributed by atoms with E-state index in [1.165, 1.54) is 0 Å². The fourth-order valence-electron chi connectivity index (χ4n) is 2.34. The van der Waals surface area contributed by atoms with E-state index in [1.807, 2.05) is 0 Å². The monoisotopic (exact) mass is 272 g/mol. The Balaban J connectivity index is 2.43. The van der Waals surface area contributed by atoms with Crippen LogP contribution in [0.3, 0.4) is 0 Å². The second-order valence-corrected chi connectivity index (χ2v) is 5.13. The lowest BCUT2D eigenvalue weighted by Crippen LogP contribution is -2.55. The number of nitrogens with one attached hydrogen (secondary N) is 1. The van der Waals surface area contributed by atoms with Gasteiger partial charge in [-0.1, -0.05) is 13.3 Å². The summed E-state index contributed by atoms with van der Waals surface area (Å²) >= 11 is 0. The summed E-state index contributed by atoms with van der Waals surface area (Å²) in [4.78, 5) is 23.1. The second-order valence-electron chi connectivity index (χ2n) is 5.13. The molecule has 110 valence electrons. The van der Waals surface area contributed by atoms with Crippen LogP contribution in [-0.2, 0) is 14.3 Å². The maximum atomic E-state index is 11.9. The number of aliphatic carboxylic acids is 1. The van der Waals surface area contributed by atoms with Crippen LogP contribution in [-0.4, -0.2) is 42.3 Å². The second kappa shape index (κ2) is 7.45. The molecule has 1 aliphatic heterocycles. The van der Waals surface area contributed by atoms with Crippen LogP contribution in [0, 0.1) is 5.92 Å². The van der Waals surface area contributed by atoms with Gasteiger partial charge in [0.1, 0.15) is 0 Å². The van der Waals surface area contributed by atoms with Gasteiger partial charge in [0.25, 0.3) is 0 Å². The fourth-order valence-corrected chi connectivity index (χ4v) is 2.34. The smallest absolute Gasteiger partial charge is 0.331 e. The van der Waals surface area contributed by atoms with Crippen molar-refractivity contribution in [3.05, 3.63) is 0 Å². The van der Waals surface area contributed by atoms with Crippen LogP contribution in [0.1, 0.15) is 39.0 Å². The van der Waals surface area contributed by atoms with Crippen molar-refractivity contribution >= 4 is 11.9 Å². The summed E-state index contributed by atoms with van der Waals surface area (Å²) in [6, 6.07) is 0. The minimum absolute atomic E-state index is 0.0497. The number of hydrogen-bond acceptors (Lipinski definition) is 4. The van der Waals surface area contributed by atoms with Gasteiger partial charge in [-0.05, 0) is 25.3 Å². The largest absolute Gasteiger partial charge is 0.479 e. The molecule has 2 unspecified atom stereocenters. The zero-order chi connectivity index (χ0) is 14.3. The maximum absolute atomic E-state index is 11.9. The van der Waals surface area contributed by atoms with Crippen LogP contribution < -0.4 is 11.1 Å². The number of rotatable bonds is 8. The number of amides is 1. The lowest BCUT2D eigenvalue weighted by molar-refractivity contribution is -0.147. The summed E-state index contributed by atoms with van der Waals surface area (Å²) in [6.07, 6.45) is 3.30. The molecule has 0 saturated carbocycles. The van der Waals surface area contributed by atoms with Crippen molar-refractivity contribution in [2.24, 2.45) is 11.7 Å². The van der Waals surface area contributed by atoms with Crippen LogP contribution in [0.5, 0.6) is 0 Å². The highest BCUT2D eigenvalue weighted by Gasteiger charge is 2.43. The standard InChI is InChI=1S/C13H24N2O4/c1-2-10(5-7-14)3-4-11(16)15-13(12(17)18)6-8-19-9-13/h10H,2-9,14H2,1H3,(H,15,16)(H,17,18). The molecule has 1 amide bonds. The Hall–Kier alpha value is -1.14. The number of hydrogen-bond donors (Lipinski definition) is 3. The van der Waals surface area contributed by atoms with Gasteiger partial charge in [0.15, 0.2) is 5.54 Å². The van der Waals surface area contributed by atoms with Crippen molar-refractivity contribution in [1.29, 1.82) is 0 Å². The molecule has 0 spiro atoms. The van der Waals surface area contributed by atoms with Gasteiger partial charge in [-0.2, -0.15) is 0 Å². The van der Waals surface area contributed by atoms with Gasteiger partial charge in [-0.3, -0.25) is 4.79 Å². The average Bonchev–Trinajstić information content (AvgIpc) is 2.84. The van der Waals surface area contributed by atoms with Crippen molar-refractivity contribution in [1.82, 2.24) is 5.32 Å². The maximum Gasteiger partial charge on any atom is 0.331 e. The highest BCUT2D eigenvalue weighted by Crippen LogP contribution is 2.20. The third kappa shape index (κ3) is 4.47. The summed E-state index contributed by atoms with van der Waals surface area (Å²) < 4.78 is 5.10. The van der Waals surface area contributed by atoms with Gasteiger partial charge in [-0.25, -0.2) is 4.79 Å². The van der Waals surface area contributed by atoms with Gasteiger partial charge >= 0.3 is 5.97 Å². The molecule has 0 aromatic heterocycles. The van der Waals surface area contributed by atoms with E-state index in [9.17, 15) is 14.7 Å². The highest BCUT2D eigenvalue weighted by molar-refractivity contribution is 5.87. The van der Waals surface area contributed by atoms with E-state index in [4.69, 9.17) is 10.5 Å². The molecule has 0 radical (unpaired) electrons. The van der Waals surface area contributed by atoms with Crippen molar-refractivity contribution in [2.45, 2.75) is 44.6 Å². The zero-order valence-electron chi connectivity index (χ0n) is 11.5. The molecule has 6 heteroatoms. The first-order valence-electron chi connectivity index (χ1n) is 6.86. The topological polar surface area (TPSA) is 102 Å². The van der Waals surface area contributed by atoms with E-state index in [-0.39, 0.29) is 12.5 Å². The minimum Gasteiger partial charge on any atom is -0.479 e. The molecule has 6 nitrogen and oxygen atoms in total. The molecule has 19 heavy (non-hydrogen) atoms. The Kier molecular flexibility index (Phi) is 6.24. The number of carbonyl (C=O) groups excluding carboxylic acids is 1. The van der Waals surface area contributed by atoms with Gasteiger partial charge in [0, 0.05) is 19.4 Å². The predicted molar refractivity (Wildman–Crippen MR) is 70.6 cm³/mol. The number of nitrogens with two attached hydrogens (primary N) is 1. The number of ether oxygens (including phenoxy) is 1. The molecule has 0 aromatic carbocycles. The summed E-state index contributed by atoms with van der Waals surface area (Å²) in [6.45, 7) is 3.11. The van der Waals surface area contributed by atoms with Crippen molar-refractivity contribution in [3.8, 4) is 0 Å². The number of carboxylic acids is 1. The van der Waals surface area contributed by atoms with E-state index >= 15 is 0 Å². The van der Waals surface area contributed by atoms with Crippen LogP contribution in [0.15, 0.2) is 0 Å². The van der Waals surface area contributed by atoms with Gasteiger partial charge in [-0.15, -0.1) is 0 Å². The first-order valence-corrected chi connectivity index (χ1v) is 6.86. The van der Waals surface area contributed by atoms with E-state index in [1.54, 1.807) is 0 Å². The highest BCUT2D eigenvalue weighted by atomic mass is 16.5. The molecular weight excluding hydrogens is 248 g/mol. The van der Waals surface area contributed by atoms with Crippen LogP contribution in [0.4, 0.5) is 0 Å². The van der Waals surface area contributed by atoms with Gasteiger partial charge in [0.2, 0.25) is 5.91 Å². The molecule has 0 bridgehead atoms. The molecule has 4 N–H and O–H groups in total. The van der Waals surface area contributed by atoms with E-state index in [2.05, 4.69) is 12.2 Å². The molecule has 1 saturated heterocycles. The fraction of sp³-hybridized carbons (Fsp3) is 0.846. The van der Waals surface area contributed by atoms with Gasteiger partial charge < -0.3 is 20.9 Å². The first kappa shape index (κ1) is 15.9. The number of carboxylic acid groups (broad SMARTS) is 1. The zero-order valence-corrected chi connectivity index (χ0v) is 11.5. The first-order chi connectivity index (χ1) is 9.04. The Morgan fingerprint density at radius 1 is 1.47 bits per heavy atom. The molecule has 1 rings (SSSR count). The Bertz CT molecular complexity index is 314. The molecule has 1 heterocycles. The summed E-state index contributed by atoms with van der Waals surface area (Å²) in [5.74, 6) is -0.813. The molecule has 0 aromatic rings. The minimum atomic E-state index is -1.23. The molecule has 1 aliphatic rings. The summed E-state index contributed by atoms with van der Waals surface area (Å²) in [5, 5.41) is 11.8. The predicted octanol–water partition coefficient (Wildman–Crippen LogP) is 0.502. The third-order valence-electron chi connectivity index (χ3n) is 3.74. The van der Waals surface area contributed by atoms with Crippen molar-refractivity contribution in [3.63, 3.8) is 0 Å². The van der Waals surface area contributed by atoms with Crippen molar-refractivity contribution < 1.29 is 19.4 Å². The lowest BCUT2D eigenvalue weighted by atomic mass is 9.95. The van der Waals surface area contributed by atoms with Crippen LogP contribution in [0.25, 0.3) is 0 Å². The Morgan fingerprint density at radius 2 is 2.21 bits per heavy atom. The van der Waals surface area contributed by atoms with Crippen LogP contribution in [0.2, 0.25) is 0 Å². The lowest BCUT2D eigenvalue weighted by Gasteiger charge is -2.24. The average molecular weight is 272 g/mol. The third-order valence-corrected chi connectivity index (χ3v) is 3.74. The van der Waals surface area contributed by atoms with E-state index < -0.39 is 11.5 Å². The van der Waals surface area contributed by atoms with Gasteiger partial charge in [0.05, 0.1) is 6.61 Å². The molecule has 0 aliphatic carbocycles. The molecule has 2 atom stereocenters. The summed E-state index contributed by atoms with van der Waals surface area (Å²) in [5.41, 5.74) is 4.28. The van der Waals surface area contributed by atoms with E-state index in [0.29, 0.717) is 31.9 Å². The molecule has 1 fully saturated rings. The van der Waals surface area contributed by atoms with E-state index in [0.717, 1.165) is 19.3 Å². The summed E-state index contributed by atoms with van der Waals surface area (Å²) in [7, 11) is 0. The molecular formula is C13H24N2O4. The van der Waals surface area contributed by atoms with Crippen LogP contribution >= 0.6 is 0 Å². The quantitative estimate of drug-likeness (QED) is 0.597. The normalized spacial score (nSPS) is 24.1. The Morgan fingerprint density at radius 3 is 2.68 bits per heavy atom. The SMILES string of the molecule is CCC(CCN)CCC(=O)NC1(C(=O)O)CCOC1. The Labute approximate surface area is 113 Å². The number of carbonyl (C=O) groups is 2. The van der Waals surface area contributed by atoms with Crippen molar-refractivity contribution in [2.75, 3.05) is 19.8 Å².